The van der Waals surface area contributed by atoms with Crippen LogP contribution in [0.5, 0.6) is 5.75 Å². The number of rotatable bonds is 6. The number of carbonyl (C=O) groups excluding carboxylic acids is 1. The van der Waals surface area contributed by atoms with Gasteiger partial charge in [-0.3, -0.25) is 19.4 Å². The van der Waals surface area contributed by atoms with Gasteiger partial charge in [0.1, 0.15) is 12.4 Å². The van der Waals surface area contributed by atoms with Gasteiger partial charge in [0.05, 0.1) is 22.3 Å². The van der Waals surface area contributed by atoms with Gasteiger partial charge in [0, 0.05) is 51.7 Å². The third-order valence-electron chi connectivity index (χ3n) is 6.97. The Labute approximate surface area is 230 Å². The number of carbonyl (C=O) groups is 1. The Kier molecular flexibility index (Phi) is 9.21. The van der Waals surface area contributed by atoms with Gasteiger partial charge in [-0.05, 0) is 55.3 Å². The standard InChI is InChI=1S/C29H36N4O5S/c1-21-17-33(18-24-10-8-9-15-30-24)22(2)20-38-27-14-13-23(31-39(35,36)25-11-6-5-7-12-25)16-26(27)29(34)32(3)19-28(21)37-4/h5-16,21-22,28,31H,17-20H2,1-4H3/t21-,22+,28+/m0/s1. The largest absolute Gasteiger partial charge is 0.491 e. The molecular weight excluding hydrogens is 516 g/mol. The normalized spacial score (nSPS) is 21.3. The minimum absolute atomic E-state index is 0.00308. The summed E-state index contributed by atoms with van der Waals surface area (Å²) < 4.78 is 40.4. The number of nitrogens with one attached hydrogen (secondary N) is 1. The highest BCUT2D eigenvalue weighted by molar-refractivity contribution is 7.92. The zero-order chi connectivity index (χ0) is 28.0. The highest BCUT2D eigenvalue weighted by Gasteiger charge is 2.29. The van der Waals surface area contributed by atoms with E-state index in [2.05, 4.69) is 28.5 Å². The van der Waals surface area contributed by atoms with Crippen molar-refractivity contribution in [3.05, 3.63) is 84.2 Å². The molecule has 1 N–H and O–H groups in total. The van der Waals surface area contributed by atoms with E-state index in [0.717, 1.165) is 12.2 Å². The van der Waals surface area contributed by atoms with Gasteiger partial charge < -0.3 is 14.4 Å². The monoisotopic (exact) mass is 552 g/mol. The van der Waals surface area contributed by atoms with Crippen LogP contribution in [0.1, 0.15) is 29.9 Å². The smallest absolute Gasteiger partial charge is 0.261 e. The predicted molar refractivity (Wildman–Crippen MR) is 150 cm³/mol. The van der Waals surface area contributed by atoms with Crippen LogP contribution in [0.3, 0.4) is 0 Å². The minimum atomic E-state index is -3.83. The summed E-state index contributed by atoms with van der Waals surface area (Å²) in [6, 6.07) is 18.7. The van der Waals surface area contributed by atoms with Gasteiger partial charge >= 0.3 is 0 Å². The number of aromatic nitrogens is 1. The molecule has 2 aromatic carbocycles. The van der Waals surface area contributed by atoms with Gasteiger partial charge in [-0.15, -0.1) is 0 Å². The second kappa shape index (κ2) is 12.6. The number of likely N-dealkylation sites (N-methyl/N-ethyl adjacent to an activating group) is 1. The first kappa shape index (κ1) is 28.5. The SMILES string of the molecule is CO[C@@H]1CN(C)C(=O)c2cc(NS(=O)(=O)c3ccccc3)ccc2OC[C@@H](C)N(Cc2ccccn2)C[C@@H]1C. The fourth-order valence-electron chi connectivity index (χ4n) is 4.65. The molecule has 1 aromatic heterocycles. The van der Waals surface area contributed by atoms with E-state index in [-0.39, 0.29) is 40.1 Å². The van der Waals surface area contributed by atoms with Crippen molar-refractivity contribution in [3.63, 3.8) is 0 Å². The van der Waals surface area contributed by atoms with E-state index >= 15 is 0 Å². The van der Waals surface area contributed by atoms with Crippen molar-refractivity contribution in [2.75, 3.05) is 38.6 Å². The molecule has 4 rings (SSSR count). The van der Waals surface area contributed by atoms with E-state index in [1.807, 2.05) is 18.2 Å². The number of amides is 1. The molecule has 1 aliphatic rings. The summed E-state index contributed by atoms with van der Waals surface area (Å²) >= 11 is 0. The maximum Gasteiger partial charge on any atom is 0.261 e. The van der Waals surface area contributed by atoms with E-state index in [4.69, 9.17) is 9.47 Å². The lowest BCUT2D eigenvalue weighted by Gasteiger charge is -2.35. The highest BCUT2D eigenvalue weighted by atomic mass is 32.2. The number of methoxy groups -OCH3 is 1. The summed E-state index contributed by atoms with van der Waals surface area (Å²) in [5, 5.41) is 0. The van der Waals surface area contributed by atoms with Crippen LogP contribution in [0.25, 0.3) is 0 Å². The fourth-order valence-corrected chi connectivity index (χ4v) is 5.72. The topological polar surface area (TPSA) is 101 Å². The summed E-state index contributed by atoms with van der Waals surface area (Å²) in [4.78, 5) is 22.1. The fraction of sp³-hybridized carbons (Fsp3) is 0.379. The lowest BCUT2D eigenvalue weighted by atomic mass is 10.0. The Morgan fingerprint density at radius 1 is 1.05 bits per heavy atom. The Morgan fingerprint density at radius 3 is 2.49 bits per heavy atom. The molecule has 0 aliphatic carbocycles. The molecule has 10 heteroatoms. The number of nitrogens with zero attached hydrogens (tertiary/aromatic N) is 3. The molecule has 0 spiro atoms. The second-order valence-electron chi connectivity index (χ2n) is 9.98. The molecule has 0 bridgehead atoms. The number of benzene rings is 2. The lowest BCUT2D eigenvalue weighted by molar-refractivity contribution is 0.00901. The van der Waals surface area contributed by atoms with Crippen molar-refractivity contribution in [1.82, 2.24) is 14.8 Å². The van der Waals surface area contributed by atoms with Gasteiger partial charge in [-0.25, -0.2) is 8.42 Å². The van der Waals surface area contributed by atoms with Crippen LogP contribution in [-0.4, -0.2) is 75.1 Å². The van der Waals surface area contributed by atoms with Crippen molar-refractivity contribution in [3.8, 4) is 5.75 Å². The summed E-state index contributed by atoms with van der Waals surface area (Å²) in [5.74, 6) is 0.222. The molecule has 39 heavy (non-hydrogen) atoms. The number of anilines is 1. The first-order chi connectivity index (χ1) is 18.7. The summed E-state index contributed by atoms with van der Waals surface area (Å²) in [6.45, 7) is 6.27. The molecule has 0 unspecified atom stereocenters. The molecule has 0 saturated carbocycles. The molecule has 3 aromatic rings. The Morgan fingerprint density at radius 2 is 1.79 bits per heavy atom. The highest BCUT2D eigenvalue weighted by Crippen LogP contribution is 2.28. The molecular formula is C29H36N4O5S. The van der Waals surface area contributed by atoms with E-state index in [0.29, 0.717) is 25.4 Å². The van der Waals surface area contributed by atoms with E-state index in [9.17, 15) is 13.2 Å². The molecule has 9 nitrogen and oxygen atoms in total. The summed E-state index contributed by atoms with van der Waals surface area (Å²) in [7, 11) is -0.453. The Balaban J connectivity index is 1.65. The van der Waals surface area contributed by atoms with Crippen LogP contribution >= 0.6 is 0 Å². The van der Waals surface area contributed by atoms with Crippen molar-refractivity contribution in [1.29, 1.82) is 0 Å². The first-order valence-electron chi connectivity index (χ1n) is 12.9. The van der Waals surface area contributed by atoms with Gasteiger partial charge in [-0.1, -0.05) is 31.2 Å². The van der Waals surface area contributed by atoms with Crippen LogP contribution in [-0.2, 0) is 21.3 Å². The van der Waals surface area contributed by atoms with Crippen molar-refractivity contribution in [2.24, 2.45) is 5.92 Å². The van der Waals surface area contributed by atoms with Crippen molar-refractivity contribution in [2.45, 2.75) is 37.4 Å². The first-order valence-corrected chi connectivity index (χ1v) is 14.4. The number of ether oxygens (including phenoxy) is 2. The molecule has 0 saturated heterocycles. The van der Waals surface area contributed by atoms with Crippen LogP contribution in [0.4, 0.5) is 5.69 Å². The predicted octanol–water partition coefficient (Wildman–Crippen LogP) is 3.89. The van der Waals surface area contributed by atoms with Gasteiger partial charge in [-0.2, -0.15) is 0 Å². The maximum atomic E-state index is 13.6. The van der Waals surface area contributed by atoms with Crippen LogP contribution in [0.2, 0.25) is 0 Å². The molecule has 2 heterocycles. The molecule has 1 aliphatic heterocycles. The molecule has 0 radical (unpaired) electrons. The molecule has 3 atom stereocenters. The average molecular weight is 553 g/mol. The molecule has 208 valence electrons. The third kappa shape index (κ3) is 7.14. The van der Waals surface area contributed by atoms with Crippen molar-refractivity contribution < 1.29 is 22.7 Å². The number of fused-ring (bicyclic) bond motifs is 1. The summed E-state index contributed by atoms with van der Waals surface area (Å²) in [5.41, 5.74) is 1.51. The Hall–Kier alpha value is -3.47. The number of hydrogen-bond acceptors (Lipinski definition) is 7. The average Bonchev–Trinajstić information content (AvgIpc) is 2.94. The second-order valence-corrected chi connectivity index (χ2v) is 11.7. The molecule has 1 amide bonds. The van der Waals surface area contributed by atoms with E-state index in [1.54, 1.807) is 55.6 Å². The van der Waals surface area contributed by atoms with Gasteiger partial charge in [0.2, 0.25) is 0 Å². The van der Waals surface area contributed by atoms with E-state index in [1.165, 1.54) is 18.2 Å². The number of pyridine rings is 1. The Bertz CT molecular complexity index is 1350. The third-order valence-corrected chi connectivity index (χ3v) is 8.37. The maximum absolute atomic E-state index is 13.6. The quantitative estimate of drug-likeness (QED) is 0.495. The van der Waals surface area contributed by atoms with E-state index < -0.39 is 10.0 Å². The molecule has 0 fully saturated rings. The minimum Gasteiger partial charge on any atom is -0.491 e. The van der Waals surface area contributed by atoms with Gasteiger partial charge in [0.25, 0.3) is 15.9 Å². The van der Waals surface area contributed by atoms with Gasteiger partial charge in [0.15, 0.2) is 0 Å². The van der Waals surface area contributed by atoms with Crippen LogP contribution in [0, 0.1) is 5.92 Å². The zero-order valence-corrected chi connectivity index (χ0v) is 23.6. The zero-order valence-electron chi connectivity index (χ0n) is 22.8. The number of hydrogen-bond donors (Lipinski definition) is 1. The number of sulfonamides is 1. The summed E-state index contributed by atoms with van der Waals surface area (Å²) in [6.07, 6.45) is 1.58. The van der Waals surface area contributed by atoms with Crippen molar-refractivity contribution >= 4 is 21.6 Å². The van der Waals surface area contributed by atoms with Crippen LogP contribution in [0.15, 0.2) is 77.8 Å². The lowest BCUT2D eigenvalue weighted by Crippen LogP contribution is -2.46. The van der Waals surface area contributed by atoms with Crippen LogP contribution < -0.4 is 9.46 Å².